The number of nitrogen functional groups attached to an aromatic ring is 1. The van der Waals surface area contributed by atoms with Gasteiger partial charge in [-0.15, -0.1) is 0 Å². The van der Waals surface area contributed by atoms with Gasteiger partial charge in [0.25, 0.3) is 0 Å². The number of para-hydroxylation sites is 1. The van der Waals surface area contributed by atoms with Crippen LogP contribution in [0.4, 0.5) is 5.69 Å². The van der Waals surface area contributed by atoms with E-state index in [4.69, 9.17) is 5.73 Å². The maximum Gasteiger partial charge on any atom is 0.138 e. The minimum Gasteiger partial charge on any atom is -0.398 e. The van der Waals surface area contributed by atoms with E-state index in [1.165, 1.54) is 6.33 Å². The lowest BCUT2D eigenvalue weighted by molar-refractivity contribution is 0.873. The molecule has 3 rings (SSSR count). The van der Waals surface area contributed by atoms with Crippen LogP contribution in [0.5, 0.6) is 0 Å². The second kappa shape index (κ2) is 4.29. The van der Waals surface area contributed by atoms with Crippen LogP contribution in [0.25, 0.3) is 16.8 Å². The first kappa shape index (κ1) is 10.5. The van der Waals surface area contributed by atoms with E-state index in [2.05, 4.69) is 15.1 Å². The fourth-order valence-corrected chi connectivity index (χ4v) is 1.80. The Morgan fingerprint density at radius 1 is 1.06 bits per heavy atom. The Bertz CT molecular complexity index is 661. The predicted octanol–water partition coefficient (Wildman–Crippen LogP) is 1.91. The van der Waals surface area contributed by atoms with E-state index < -0.39 is 0 Å². The number of rotatable bonds is 2. The highest BCUT2D eigenvalue weighted by Gasteiger charge is 2.04. The first-order valence-corrected chi connectivity index (χ1v) is 5.49. The average Bonchev–Trinajstić information content (AvgIpc) is 2.93. The summed E-state index contributed by atoms with van der Waals surface area (Å²) in [5, 5.41) is 4.08. The van der Waals surface area contributed by atoms with Crippen LogP contribution in [0.3, 0.4) is 0 Å². The summed E-state index contributed by atoms with van der Waals surface area (Å²) in [5.74, 6) is 0. The molecular formula is C13H11N5. The van der Waals surface area contributed by atoms with E-state index >= 15 is 0 Å². The standard InChI is InChI=1S/C13H11N5/c14-13-4-2-1-3-12(13)10-5-11(7-15-6-10)18-9-16-8-17-18/h1-9H,14H2. The molecule has 0 amide bonds. The van der Waals surface area contributed by atoms with Crippen LogP contribution in [-0.2, 0) is 0 Å². The van der Waals surface area contributed by atoms with E-state index in [0.717, 1.165) is 22.5 Å². The van der Waals surface area contributed by atoms with E-state index in [0.29, 0.717) is 0 Å². The molecule has 0 bridgehead atoms. The Labute approximate surface area is 104 Å². The van der Waals surface area contributed by atoms with E-state index in [1.54, 1.807) is 23.4 Å². The van der Waals surface area contributed by atoms with Gasteiger partial charge >= 0.3 is 0 Å². The first-order chi connectivity index (χ1) is 8.84. The van der Waals surface area contributed by atoms with E-state index in [-0.39, 0.29) is 0 Å². The first-order valence-electron chi connectivity index (χ1n) is 5.49. The zero-order chi connectivity index (χ0) is 12.4. The average molecular weight is 237 g/mol. The van der Waals surface area contributed by atoms with Crippen molar-refractivity contribution in [2.45, 2.75) is 0 Å². The zero-order valence-electron chi connectivity index (χ0n) is 9.56. The molecule has 2 N–H and O–H groups in total. The molecule has 18 heavy (non-hydrogen) atoms. The minimum atomic E-state index is 0.732. The van der Waals surface area contributed by atoms with E-state index in [1.807, 2.05) is 30.3 Å². The zero-order valence-corrected chi connectivity index (χ0v) is 9.56. The number of benzene rings is 1. The number of hydrogen-bond donors (Lipinski definition) is 1. The molecule has 0 atom stereocenters. The van der Waals surface area contributed by atoms with Gasteiger partial charge < -0.3 is 5.73 Å². The highest BCUT2D eigenvalue weighted by atomic mass is 15.3. The maximum absolute atomic E-state index is 5.96. The summed E-state index contributed by atoms with van der Waals surface area (Å²) in [6.07, 6.45) is 6.64. The van der Waals surface area contributed by atoms with Crippen molar-refractivity contribution in [3.05, 3.63) is 55.4 Å². The number of anilines is 1. The summed E-state index contributed by atoms with van der Waals surface area (Å²) in [6, 6.07) is 9.68. The lowest BCUT2D eigenvalue weighted by Crippen LogP contribution is -1.96. The fourth-order valence-electron chi connectivity index (χ4n) is 1.80. The van der Waals surface area contributed by atoms with Crippen LogP contribution in [0.1, 0.15) is 0 Å². The summed E-state index contributed by atoms with van der Waals surface area (Å²) in [6.45, 7) is 0. The highest BCUT2D eigenvalue weighted by Crippen LogP contribution is 2.25. The summed E-state index contributed by atoms with van der Waals surface area (Å²) in [4.78, 5) is 8.13. The molecule has 5 heteroatoms. The van der Waals surface area contributed by atoms with Crippen molar-refractivity contribution in [3.8, 4) is 16.8 Å². The topological polar surface area (TPSA) is 69.6 Å². The van der Waals surface area contributed by atoms with Gasteiger partial charge in [-0.05, 0) is 12.1 Å². The second-order valence-corrected chi connectivity index (χ2v) is 3.86. The largest absolute Gasteiger partial charge is 0.398 e. The van der Waals surface area contributed by atoms with Gasteiger partial charge in [0.05, 0.1) is 11.9 Å². The lowest BCUT2D eigenvalue weighted by Gasteiger charge is -2.07. The van der Waals surface area contributed by atoms with Gasteiger partial charge in [0, 0.05) is 23.0 Å². The Morgan fingerprint density at radius 3 is 2.72 bits per heavy atom. The molecule has 1 aromatic carbocycles. The van der Waals surface area contributed by atoms with Crippen molar-refractivity contribution in [1.82, 2.24) is 19.7 Å². The number of aromatic nitrogens is 4. The van der Waals surface area contributed by atoms with Crippen molar-refractivity contribution < 1.29 is 0 Å². The Balaban J connectivity index is 2.10. The molecule has 3 aromatic rings. The van der Waals surface area contributed by atoms with Crippen molar-refractivity contribution >= 4 is 5.69 Å². The molecule has 0 saturated carbocycles. The molecule has 88 valence electrons. The third-order valence-corrected chi connectivity index (χ3v) is 2.68. The normalized spacial score (nSPS) is 10.4. The third-order valence-electron chi connectivity index (χ3n) is 2.68. The number of nitrogens with two attached hydrogens (primary N) is 1. The SMILES string of the molecule is Nc1ccccc1-c1cncc(-n2cncn2)c1. The molecule has 0 aliphatic carbocycles. The monoisotopic (exact) mass is 237 g/mol. The summed E-state index contributed by atoms with van der Waals surface area (Å²) in [5.41, 5.74) is 9.47. The van der Waals surface area contributed by atoms with Gasteiger partial charge in [-0.25, -0.2) is 9.67 Å². The molecule has 2 heterocycles. The molecule has 0 fully saturated rings. The van der Waals surface area contributed by atoms with Gasteiger partial charge in [-0.2, -0.15) is 5.10 Å². The van der Waals surface area contributed by atoms with Gasteiger partial charge in [0.15, 0.2) is 0 Å². The van der Waals surface area contributed by atoms with Crippen molar-refractivity contribution in [2.24, 2.45) is 0 Å². The van der Waals surface area contributed by atoms with Crippen LogP contribution in [0.15, 0.2) is 55.4 Å². The summed E-state index contributed by atoms with van der Waals surface area (Å²) >= 11 is 0. The molecule has 5 nitrogen and oxygen atoms in total. The second-order valence-electron chi connectivity index (χ2n) is 3.86. The maximum atomic E-state index is 5.96. The minimum absolute atomic E-state index is 0.732. The molecule has 2 aromatic heterocycles. The number of hydrogen-bond acceptors (Lipinski definition) is 4. The summed E-state index contributed by atoms with van der Waals surface area (Å²) in [7, 11) is 0. The van der Waals surface area contributed by atoms with E-state index in [9.17, 15) is 0 Å². The number of nitrogens with zero attached hydrogens (tertiary/aromatic N) is 4. The van der Waals surface area contributed by atoms with Gasteiger partial charge in [-0.3, -0.25) is 4.98 Å². The van der Waals surface area contributed by atoms with Crippen LogP contribution in [0.2, 0.25) is 0 Å². The molecule has 0 spiro atoms. The highest BCUT2D eigenvalue weighted by molar-refractivity contribution is 5.76. The Hall–Kier alpha value is -2.69. The third kappa shape index (κ3) is 1.82. The molecule has 0 unspecified atom stereocenters. The molecule has 0 radical (unpaired) electrons. The van der Waals surface area contributed by atoms with Crippen molar-refractivity contribution in [2.75, 3.05) is 5.73 Å². The van der Waals surface area contributed by atoms with Crippen molar-refractivity contribution in [1.29, 1.82) is 0 Å². The van der Waals surface area contributed by atoms with Gasteiger partial charge in [-0.1, -0.05) is 18.2 Å². The molecule has 0 saturated heterocycles. The van der Waals surface area contributed by atoms with Crippen molar-refractivity contribution in [3.63, 3.8) is 0 Å². The summed E-state index contributed by atoms with van der Waals surface area (Å²) < 4.78 is 1.66. The van der Waals surface area contributed by atoms with Crippen LogP contribution < -0.4 is 5.73 Å². The van der Waals surface area contributed by atoms with Crippen LogP contribution in [0, 0.1) is 0 Å². The molecule has 0 aliphatic heterocycles. The lowest BCUT2D eigenvalue weighted by atomic mass is 10.1. The van der Waals surface area contributed by atoms with Crippen LogP contribution in [-0.4, -0.2) is 19.7 Å². The molecule has 0 aliphatic rings. The fraction of sp³-hybridized carbons (Fsp3) is 0. The van der Waals surface area contributed by atoms with Crippen LogP contribution >= 0.6 is 0 Å². The Morgan fingerprint density at radius 2 is 1.94 bits per heavy atom. The smallest absolute Gasteiger partial charge is 0.138 e. The predicted molar refractivity (Wildman–Crippen MR) is 69.0 cm³/mol. The Kier molecular flexibility index (Phi) is 2.49. The van der Waals surface area contributed by atoms with Gasteiger partial charge in [0.1, 0.15) is 12.7 Å². The quantitative estimate of drug-likeness (QED) is 0.691. The molecular weight excluding hydrogens is 226 g/mol. The van der Waals surface area contributed by atoms with Gasteiger partial charge in [0.2, 0.25) is 0 Å². The number of pyridine rings is 1.